The molecule has 88 valence electrons. The number of carbonyl (C=O) groups excluding carboxylic acids is 1. The summed E-state index contributed by atoms with van der Waals surface area (Å²) >= 11 is 2.94. The molecule has 1 aromatic heterocycles. The lowest BCUT2D eigenvalue weighted by Gasteiger charge is -2.08. The van der Waals surface area contributed by atoms with Crippen LogP contribution in [0.2, 0.25) is 0 Å². The summed E-state index contributed by atoms with van der Waals surface area (Å²) in [6, 6.07) is 1.35. The molecule has 0 aromatic carbocycles. The molecular formula is C9H9BrF2N2O2. The third-order valence-corrected chi connectivity index (χ3v) is 2.52. The molecule has 1 heterocycles. The zero-order chi connectivity index (χ0) is 12.3. The summed E-state index contributed by atoms with van der Waals surface area (Å²) in [4.78, 5) is 14.5. The van der Waals surface area contributed by atoms with Crippen LogP contribution in [-0.2, 0) is 16.0 Å². The number of methoxy groups -OCH3 is 1. The summed E-state index contributed by atoms with van der Waals surface area (Å²) in [6.07, 6.45) is -2.82. The monoisotopic (exact) mass is 294 g/mol. The van der Waals surface area contributed by atoms with Gasteiger partial charge in [0.2, 0.25) is 0 Å². The molecule has 0 atom stereocenters. The number of anilines is 1. The summed E-state index contributed by atoms with van der Waals surface area (Å²) < 4.78 is 29.4. The van der Waals surface area contributed by atoms with Crippen molar-refractivity contribution in [3.63, 3.8) is 0 Å². The van der Waals surface area contributed by atoms with Crippen LogP contribution in [-0.4, -0.2) is 18.1 Å². The maximum atomic E-state index is 12.4. The number of esters is 1. The van der Waals surface area contributed by atoms with Gasteiger partial charge in [0, 0.05) is 10.0 Å². The molecule has 4 nitrogen and oxygen atoms in total. The van der Waals surface area contributed by atoms with E-state index in [-0.39, 0.29) is 16.7 Å². The van der Waals surface area contributed by atoms with Crippen LogP contribution in [0.15, 0.2) is 10.5 Å². The molecule has 0 unspecified atom stereocenters. The van der Waals surface area contributed by atoms with E-state index in [0.717, 1.165) is 0 Å². The van der Waals surface area contributed by atoms with Gasteiger partial charge in [0.25, 0.3) is 6.43 Å². The summed E-state index contributed by atoms with van der Waals surface area (Å²) in [5, 5.41) is 0. The number of alkyl halides is 2. The Kier molecular flexibility index (Phi) is 4.17. The summed E-state index contributed by atoms with van der Waals surface area (Å²) in [5.74, 6) is -0.603. The summed E-state index contributed by atoms with van der Waals surface area (Å²) in [7, 11) is 1.23. The number of nitrogens with zero attached hydrogens (tertiary/aromatic N) is 1. The first-order valence-electron chi connectivity index (χ1n) is 4.25. The summed E-state index contributed by atoms with van der Waals surface area (Å²) in [5.41, 5.74) is 5.37. The van der Waals surface area contributed by atoms with E-state index in [1.165, 1.54) is 13.2 Å². The van der Waals surface area contributed by atoms with Crippen molar-refractivity contribution in [2.75, 3.05) is 12.8 Å². The lowest BCUT2D eigenvalue weighted by atomic mass is 10.1. The van der Waals surface area contributed by atoms with E-state index in [1.54, 1.807) is 0 Å². The highest BCUT2D eigenvalue weighted by Gasteiger charge is 2.17. The molecule has 1 rings (SSSR count). The zero-order valence-electron chi connectivity index (χ0n) is 8.34. The molecule has 0 saturated heterocycles. The normalized spacial score (nSPS) is 10.6. The Hall–Kier alpha value is -1.24. The predicted molar refractivity (Wildman–Crippen MR) is 57.0 cm³/mol. The first-order valence-corrected chi connectivity index (χ1v) is 5.04. The van der Waals surface area contributed by atoms with Crippen LogP contribution in [0.4, 0.5) is 14.6 Å². The predicted octanol–water partition coefficient (Wildman–Crippen LogP) is 2.08. The molecule has 0 bridgehead atoms. The van der Waals surface area contributed by atoms with Gasteiger partial charge in [0.15, 0.2) is 0 Å². The number of nitrogen functional groups attached to an aromatic ring is 1. The van der Waals surface area contributed by atoms with E-state index in [1.807, 2.05) is 0 Å². The van der Waals surface area contributed by atoms with Gasteiger partial charge in [-0.3, -0.25) is 4.79 Å². The number of carbonyl (C=O) groups is 1. The molecule has 0 amide bonds. The average Bonchev–Trinajstić information content (AvgIpc) is 2.22. The molecule has 16 heavy (non-hydrogen) atoms. The van der Waals surface area contributed by atoms with Crippen molar-refractivity contribution >= 4 is 27.7 Å². The molecule has 2 N–H and O–H groups in total. The highest BCUT2D eigenvalue weighted by Crippen LogP contribution is 2.28. The van der Waals surface area contributed by atoms with E-state index in [2.05, 4.69) is 25.7 Å². The van der Waals surface area contributed by atoms with Crippen molar-refractivity contribution in [1.29, 1.82) is 0 Å². The highest BCUT2D eigenvalue weighted by atomic mass is 79.9. The first kappa shape index (κ1) is 12.8. The quantitative estimate of drug-likeness (QED) is 0.867. The van der Waals surface area contributed by atoms with E-state index in [4.69, 9.17) is 5.73 Å². The van der Waals surface area contributed by atoms with Gasteiger partial charge in [-0.2, -0.15) is 0 Å². The van der Waals surface area contributed by atoms with Gasteiger partial charge in [-0.1, -0.05) is 0 Å². The first-order chi connectivity index (χ1) is 7.45. The number of ether oxygens (including phenoxy) is 1. The minimum atomic E-state index is -2.72. The SMILES string of the molecule is COC(=O)Cc1cc(Br)c(C(F)F)nc1N. The van der Waals surface area contributed by atoms with E-state index >= 15 is 0 Å². The molecule has 0 spiro atoms. The number of rotatable bonds is 3. The molecule has 0 aliphatic carbocycles. The Labute approximate surface area is 98.9 Å². The zero-order valence-corrected chi connectivity index (χ0v) is 9.92. The van der Waals surface area contributed by atoms with Crippen LogP contribution in [0.1, 0.15) is 17.7 Å². The van der Waals surface area contributed by atoms with Crippen LogP contribution in [0.25, 0.3) is 0 Å². The molecule has 0 radical (unpaired) electrons. The lowest BCUT2D eigenvalue weighted by Crippen LogP contribution is -2.09. The molecule has 1 aromatic rings. The molecule has 0 saturated carbocycles. The number of nitrogens with two attached hydrogens (primary N) is 1. The van der Waals surface area contributed by atoms with Crippen LogP contribution in [0, 0.1) is 0 Å². The third kappa shape index (κ3) is 2.88. The van der Waals surface area contributed by atoms with Crippen LogP contribution < -0.4 is 5.73 Å². The van der Waals surface area contributed by atoms with Crippen LogP contribution >= 0.6 is 15.9 Å². The maximum absolute atomic E-state index is 12.4. The number of aromatic nitrogens is 1. The van der Waals surface area contributed by atoms with Gasteiger partial charge in [0.05, 0.1) is 13.5 Å². The second kappa shape index (κ2) is 5.20. The number of halogens is 3. The van der Waals surface area contributed by atoms with Gasteiger partial charge in [-0.25, -0.2) is 13.8 Å². The molecular weight excluding hydrogens is 286 g/mol. The Morgan fingerprint density at radius 2 is 2.31 bits per heavy atom. The second-order valence-electron chi connectivity index (χ2n) is 2.95. The summed E-state index contributed by atoms with van der Waals surface area (Å²) in [6.45, 7) is 0. The Bertz CT molecular complexity index is 413. The third-order valence-electron chi connectivity index (χ3n) is 1.88. The Balaban J connectivity index is 3.05. The lowest BCUT2D eigenvalue weighted by molar-refractivity contribution is -0.139. The van der Waals surface area contributed by atoms with Gasteiger partial charge < -0.3 is 10.5 Å². The standard InChI is InChI=1S/C9H9BrF2N2O2/c1-16-6(15)3-4-2-5(10)7(8(11)12)14-9(4)13/h2,8H,3H2,1H3,(H2,13,14). The topological polar surface area (TPSA) is 65.2 Å². The second-order valence-corrected chi connectivity index (χ2v) is 3.81. The van der Waals surface area contributed by atoms with Gasteiger partial charge in [0.1, 0.15) is 11.5 Å². The number of hydrogen-bond acceptors (Lipinski definition) is 4. The van der Waals surface area contributed by atoms with Crippen molar-refractivity contribution in [3.05, 3.63) is 21.8 Å². The fraction of sp³-hybridized carbons (Fsp3) is 0.333. The van der Waals surface area contributed by atoms with Gasteiger partial charge in [-0.05, 0) is 22.0 Å². The Morgan fingerprint density at radius 1 is 1.69 bits per heavy atom. The maximum Gasteiger partial charge on any atom is 0.310 e. The van der Waals surface area contributed by atoms with Crippen LogP contribution in [0.5, 0.6) is 0 Å². The van der Waals surface area contributed by atoms with Gasteiger partial charge >= 0.3 is 5.97 Å². The number of hydrogen-bond donors (Lipinski definition) is 1. The van der Waals surface area contributed by atoms with Crippen molar-refractivity contribution < 1.29 is 18.3 Å². The van der Waals surface area contributed by atoms with Crippen molar-refractivity contribution in [2.45, 2.75) is 12.8 Å². The van der Waals surface area contributed by atoms with Crippen LogP contribution in [0.3, 0.4) is 0 Å². The number of pyridine rings is 1. The molecule has 0 aliphatic heterocycles. The van der Waals surface area contributed by atoms with Crippen molar-refractivity contribution in [1.82, 2.24) is 4.98 Å². The fourth-order valence-corrected chi connectivity index (χ4v) is 1.62. The minimum absolute atomic E-state index is 0.0936. The van der Waals surface area contributed by atoms with Crippen molar-refractivity contribution in [3.8, 4) is 0 Å². The average molecular weight is 295 g/mol. The van der Waals surface area contributed by atoms with E-state index in [0.29, 0.717) is 5.56 Å². The van der Waals surface area contributed by atoms with E-state index < -0.39 is 18.1 Å². The minimum Gasteiger partial charge on any atom is -0.469 e. The molecule has 0 aliphatic rings. The molecule has 7 heteroatoms. The highest BCUT2D eigenvalue weighted by molar-refractivity contribution is 9.10. The smallest absolute Gasteiger partial charge is 0.310 e. The van der Waals surface area contributed by atoms with Crippen molar-refractivity contribution in [2.24, 2.45) is 0 Å². The fourth-order valence-electron chi connectivity index (χ4n) is 1.08. The molecule has 0 fully saturated rings. The van der Waals surface area contributed by atoms with Gasteiger partial charge in [-0.15, -0.1) is 0 Å². The Morgan fingerprint density at radius 3 is 2.81 bits per heavy atom. The van der Waals surface area contributed by atoms with E-state index in [9.17, 15) is 13.6 Å². The largest absolute Gasteiger partial charge is 0.469 e.